The third kappa shape index (κ3) is 5.04. The zero-order valence-electron chi connectivity index (χ0n) is 20.5. The fourth-order valence-corrected chi connectivity index (χ4v) is 6.45. The quantitative estimate of drug-likeness (QED) is 0.277. The van der Waals surface area contributed by atoms with E-state index in [4.69, 9.17) is 9.72 Å². The highest BCUT2D eigenvalue weighted by molar-refractivity contribution is 7.99. The number of carbonyl (C=O) groups is 1. The second-order valence-electron chi connectivity index (χ2n) is 8.84. The lowest BCUT2D eigenvalue weighted by Gasteiger charge is -2.21. The van der Waals surface area contributed by atoms with Gasteiger partial charge in [0.25, 0.3) is 5.56 Å². The van der Waals surface area contributed by atoms with Gasteiger partial charge in [-0.05, 0) is 69.3 Å². The van der Waals surface area contributed by atoms with Crippen molar-refractivity contribution in [3.8, 4) is 11.4 Å². The number of aryl methyl sites for hydroxylation is 1. The van der Waals surface area contributed by atoms with Crippen molar-refractivity contribution in [3.05, 3.63) is 74.9 Å². The van der Waals surface area contributed by atoms with Gasteiger partial charge < -0.3 is 15.0 Å². The van der Waals surface area contributed by atoms with Crippen LogP contribution in [0, 0.1) is 6.92 Å². The number of aromatic nitrogens is 2. The van der Waals surface area contributed by atoms with Crippen LogP contribution in [0.1, 0.15) is 22.9 Å². The van der Waals surface area contributed by atoms with E-state index < -0.39 is 0 Å². The van der Waals surface area contributed by atoms with Gasteiger partial charge in [0.2, 0.25) is 5.91 Å². The van der Waals surface area contributed by atoms with E-state index in [2.05, 4.69) is 17.3 Å². The number of thiophene rings is 1. The Morgan fingerprint density at radius 2 is 1.92 bits per heavy atom. The zero-order valence-corrected chi connectivity index (χ0v) is 22.2. The van der Waals surface area contributed by atoms with Gasteiger partial charge >= 0.3 is 0 Å². The molecule has 5 rings (SSSR count). The van der Waals surface area contributed by atoms with Crippen LogP contribution in [0.5, 0.6) is 5.75 Å². The molecule has 0 bridgehead atoms. The number of ether oxygens (including phenoxy) is 1. The summed E-state index contributed by atoms with van der Waals surface area (Å²) in [6.45, 7) is 6.28. The van der Waals surface area contributed by atoms with Crippen LogP contribution in [0.25, 0.3) is 15.9 Å². The molecule has 4 aromatic rings. The number of likely N-dealkylation sites (N-methyl/N-ethyl adjacent to an activating group) is 1. The van der Waals surface area contributed by atoms with Crippen LogP contribution in [-0.2, 0) is 17.8 Å². The van der Waals surface area contributed by atoms with Crippen molar-refractivity contribution < 1.29 is 9.53 Å². The fourth-order valence-electron chi connectivity index (χ4n) is 4.30. The Morgan fingerprint density at radius 1 is 1.17 bits per heavy atom. The van der Waals surface area contributed by atoms with Gasteiger partial charge in [0.05, 0.1) is 23.4 Å². The Morgan fingerprint density at radius 3 is 2.64 bits per heavy atom. The van der Waals surface area contributed by atoms with Crippen LogP contribution in [0.3, 0.4) is 0 Å². The van der Waals surface area contributed by atoms with E-state index in [-0.39, 0.29) is 17.2 Å². The number of carbonyl (C=O) groups excluding carboxylic acids is 1. The number of amides is 1. The van der Waals surface area contributed by atoms with Gasteiger partial charge in [0, 0.05) is 23.7 Å². The van der Waals surface area contributed by atoms with Crippen molar-refractivity contribution in [2.75, 3.05) is 31.3 Å². The molecule has 0 spiro atoms. The van der Waals surface area contributed by atoms with Crippen molar-refractivity contribution in [3.63, 3.8) is 0 Å². The maximum atomic E-state index is 13.9. The van der Waals surface area contributed by atoms with Gasteiger partial charge in [0.1, 0.15) is 10.6 Å². The van der Waals surface area contributed by atoms with Crippen LogP contribution < -0.4 is 15.6 Å². The second kappa shape index (κ2) is 10.5. The first-order valence-electron chi connectivity index (χ1n) is 11.9. The number of fused-ring (bicyclic) bond motifs is 3. The van der Waals surface area contributed by atoms with E-state index in [0.717, 1.165) is 46.9 Å². The van der Waals surface area contributed by atoms with Gasteiger partial charge in [0.15, 0.2) is 5.16 Å². The highest BCUT2D eigenvalue weighted by atomic mass is 32.2. The molecular weight excluding hydrogens is 492 g/mol. The molecule has 2 aromatic heterocycles. The third-order valence-corrected chi connectivity index (χ3v) is 8.16. The molecule has 2 aromatic carbocycles. The Balaban J connectivity index is 1.46. The van der Waals surface area contributed by atoms with Crippen molar-refractivity contribution >= 4 is 44.9 Å². The van der Waals surface area contributed by atoms with Gasteiger partial charge in [-0.2, -0.15) is 0 Å². The van der Waals surface area contributed by atoms with E-state index in [1.165, 1.54) is 16.6 Å². The average molecular weight is 521 g/mol. The third-order valence-electron chi connectivity index (χ3n) is 6.11. The van der Waals surface area contributed by atoms with Crippen LogP contribution in [0.2, 0.25) is 0 Å². The number of hydrogen-bond acceptors (Lipinski definition) is 7. The molecule has 0 atom stereocenters. The van der Waals surface area contributed by atoms with Crippen LogP contribution >= 0.6 is 23.1 Å². The summed E-state index contributed by atoms with van der Waals surface area (Å²) in [5.74, 6) is 0.723. The number of hydrogen-bond donors (Lipinski definition) is 1. The van der Waals surface area contributed by atoms with Gasteiger partial charge in [-0.1, -0.05) is 29.5 Å². The molecule has 1 aliphatic rings. The smallest absolute Gasteiger partial charge is 0.267 e. The number of nitrogens with one attached hydrogen (secondary N) is 1. The van der Waals surface area contributed by atoms with Crippen LogP contribution in [0.4, 0.5) is 5.69 Å². The number of thioether (sulfide) groups is 1. The lowest BCUT2D eigenvalue weighted by Crippen LogP contribution is -2.27. The Bertz CT molecular complexity index is 1460. The molecule has 0 radical (unpaired) electrons. The Kier molecular flexibility index (Phi) is 7.13. The molecule has 0 unspecified atom stereocenters. The molecular formula is C27H28N4O3S2. The molecule has 0 fully saturated rings. The van der Waals surface area contributed by atoms with Gasteiger partial charge in [-0.3, -0.25) is 14.2 Å². The zero-order chi connectivity index (χ0) is 25.2. The monoisotopic (exact) mass is 520 g/mol. The van der Waals surface area contributed by atoms with Crippen LogP contribution in [0.15, 0.2) is 58.5 Å². The summed E-state index contributed by atoms with van der Waals surface area (Å²) in [4.78, 5) is 35.7. The Labute approximate surface area is 218 Å². The normalized spacial score (nSPS) is 13.5. The Hall–Kier alpha value is -3.14. The first-order chi connectivity index (χ1) is 17.4. The van der Waals surface area contributed by atoms with E-state index in [1.54, 1.807) is 15.9 Å². The first-order valence-corrected chi connectivity index (χ1v) is 13.7. The SMILES string of the molecule is CCOc1ccc(NC(=O)CSc2nc3sc4c(c3c(=O)n2-c2ccc(C)cc2)CCN(C)C4)cc1. The van der Waals surface area contributed by atoms with E-state index in [1.807, 2.05) is 62.4 Å². The molecule has 1 N–H and O–H groups in total. The van der Waals surface area contributed by atoms with Crippen LogP contribution in [-0.4, -0.2) is 46.3 Å². The summed E-state index contributed by atoms with van der Waals surface area (Å²) in [6.07, 6.45) is 0.841. The summed E-state index contributed by atoms with van der Waals surface area (Å²) in [5.41, 5.74) is 3.61. The topological polar surface area (TPSA) is 76.5 Å². The second-order valence-corrected chi connectivity index (χ2v) is 10.9. The minimum absolute atomic E-state index is 0.0691. The molecule has 0 saturated carbocycles. The fraction of sp³-hybridized carbons (Fsp3) is 0.296. The lowest BCUT2D eigenvalue weighted by molar-refractivity contribution is -0.113. The average Bonchev–Trinajstić information content (AvgIpc) is 3.22. The number of benzene rings is 2. The van der Waals surface area contributed by atoms with Gasteiger partial charge in [-0.15, -0.1) is 11.3 Å². The summed E-state index contributed by atoms with van der Waals surface area (Å²) in [6, 6.07) is 15.1. The van der Waals surface area contributed by atoms with Crippen molar-refractivity contribution in [1.29, 1.82) is 0 Å². The molecule has 1 amide bonds. The number of nitrogens with zero attached hydrogens (tertiary/aromatic N) is 3. The predicted octanol–water partition coefficient (Wildman–Crippen LogP) is 4.87. The minimum Gasteiger partial charge on any atom is -0.494 e. The summed E-state index contributed by atoms with van der Waals surface area (Å²) >= 11 is 2.86. The highest BCUT2D eigenvalue weighted by Crippen LogP contribution is 2.34. The van der Waals surface area contributed by atoms with E-state index in [0.29, 0.717) is 22.8 Å². The minimum atomic E-state index is -0.166. The van der Waals surface area contributed by atoms with E-state index >= 15 is 0 Å². The largest absolute Gasteiger partial charge is 0.494 e. The summed E-state index contributed by atoms with van der Waals surface area (Å²) in [7, 11) is 2.09. The maximum Gasteiger partial charge on any atom is 0.267 e. The predicted molar refractivity (Wildman–Crippen MR) is 147 cm³/mol. The van der Waals surface area contributed by atoms with Gasteiger partial charge in [-0.25, -0.2) is 4.98 Å². The molecule has 186 valence electrons. The van der Waals surface area contributed by atoms with Crippen molar-refractivity contribution in [2.24, 2.45) is 0 Å². The molecule has 7 nitrogen and oxygen atoms in total. The lowest BCUT2D eigenvalue weighted by atomic mass is 10.1. The molecule has 3 heterocycles. The molecule has 0 aliphatic carbocycles. The summed E-state index contributed by atoms with van der Waals surface area (Å²) < 4.78 is 7.11. The first kappa shape index (κ1) is 24.5. The number of rotatable bonds is 7. The highest BCUT2D eigenvalue weighted by Gasteiger charge is 2.24. The maximum absolute atomic E-state index is 13.9. The van der Waals surface area contributed by atoms with Crippen molar-refractivity contribution in [1.82, 2.24) is 14.5 Å². The number of anilines is 1. The standard InChI is InChI=1S/C27H28N4O3S2/c1-4-34-20-11-7-18(8-12-20)28-23(32)16-35-27-29-25-24(21-13-14-30(3)15-22(21)36-25)26(33)31(27)19-9-5-17(2)6-10-19/h5-12H,4,13-16H2,1-3H3,(H,28,32). The molecule has 36 heavy (non-hydrogen) atoms. The molecule has 1 aliphatic heterocycles. The van der Waals surface area contributed by atoms with Crippen molar-refractivity contribution in [2.45, 2.75) is 32.0 Å². The summed E-state index contributed by atoms with van der Waals surface area (Å²) in [5, 5.41) is 4.14. The molecule has 9 heteroatoms. The molecule has 0 saturated heterocycles. The van der Waals surface area contributed by atoms with E-state index in [9.17, 15) is 9.59 Å².